The monoisotopic (exact) mass is 263 g/mol. The highest BCUT2D eigenvalue weighted by atomic mass is 16.1. The van der Waals surface area contributed by atoms with Crippen LogP contribution in [0.3, 0.4) is 0 Å². The van der Waals surface area contributed by atoms with E-state index in [4.69, 9.17) is 11.5 Å². The van der Waals surface area contributed by atoms with Gasteiger partial charge >= 0.3 is 0 Å². The Labute approximate surface area is 115 Å². The SMILES string of the molecule is CC(C)CCCC(C)Nc1cccc(C(N)=O)c1N. The summed E-state index contributed by atoms with van der Waals surface area (Å²) in [7, 11) is 0. The Morgan fingerprint density at radius 1 is 1.26 bits per heavy atom. The van der Waals surface area contributed by atoms with E-state index in [-0.39, 0.29) is 0 Å². The fourth-order valence-electron chi connectivity index (χ4n) is 2.08. The summed E-state index contributed by atoms with van der Waals surface area (Å²) in [4.78, 5) is 11.2. The van der Waals surface area contributed by atoms with Gasteiger partial charge in [-0.05, 0) is 31.4 Å². The molecule has 0 fully saturated rings. The van der Waals surface area contributed by atoms with E-state index >= 15 is 0 Å². The third-order valence-corrected chi connectivity index (χ3v) is 3.19. The number of nitrogens with one attached hydrogen (secondary N) is 1. The van der Waals surface area contributed by atoms with Crippen molar-refractivity contribution in [1.82, 2.24) is 0 Å². The van der Waals surface area contributed by atoms with Gasteiger partial charge in [-0.3, -0.25) is 4.79 Å². The summed E-state index contributed by atoms with van der Waals surface area (Å²) in [6, 6.07) is 5.64. The summed E-state index contributed by atoms with van der Waals surface area (Å²) in [5, 5.41) is 3.35. The van der Waals surface area contributed by atoms with Crippen LogP contribution in [0.1, 0.15) is 50.4 Å². The van der Waals surface area contributed by atoms with Crippen molar-refractivity contribution in [3.8, 4) is 0 Å². The fourth-order valence-corrected chi connectivity index (χ4v) is 2.08. The summed E-state index contributed by atoms with van der Waals surface area (Å²) in [5.41, 5.74) is 12.8. The molecule has 0 saturated carbocycles. The number of carbonyl (C=O) groups is 1. The van der Waals surface area contributed by atoms with E-state index < -0.39 is 5.91 Å². The number of amides is 1. The van der Waals surface area contributed by atoms with Crippen molar-refractivity contribution in [2.75, 3.05) is 11.1 Å². The molecule has 4 heteroatoms. The van der Waals surface area contributed by atoms with Crippen LogP contribution in [0.15, 0.2) is 18.2 Å². The first-order valence-corrected chi connectivity index (χ1v) is 6.86. The number of primary amides is 1. The molecule has 1 amide bonds. The molecule has 0 heterocycles. The molecule has 1 rings (SSSR count). The van der Waals surface area contributed by atoms with Gasteiger partial charge in [-0.2, -0.15) is 0 Å². The summed E-state index contributed by atoms with van der Waals surface area (Å²) in [6.07, 6.45) is 3.49. The number of hydrogen-bond donors (Lipinski definition) is 3. The average molecular weight is 263 g/mol. The molecule has 0 aromatic heterocycles. The maximum Gasteiger partial charge on any atom is 0.250 e. The first kappa shape index (κ1) is 15.3. The van der Waals surface area contributed by atoms with Crippen LogP contribution in [0, 0.1) is 5.92 Å². The third-order valence-electron chi connectivity index (χ3n) is 3.19. The highest BCUT2D eigenvalue weighted by Gasteiger charge is 2.11. The molecule has 0 radical (unpaired) electrons. The van der Waals surface area contributed by atoms with Gasteiger partial charge in [0.1, 0.15) is 0 Å². The van der Waals surface area contributed by atoms with Crippen molar-refractivity contribution in [2.24, 2.45) is 11.7 Å². The van der Waals surface area contributed by atoms with Gasteiger partial charge in [-0.25, -0.2) is 0 Å². The van der Waals surface area contributed by atoms with Gasteiger partial charge in [0.25, 0.3) is 5.91 Å². The lowest BCUT2D eigenvalue weighted by Gasteiger charge is -2.18. The summed E-state index contributed by atoms with van der Waals surface area (Å²) < 4.78 is 0. The Morgan fingerprint density at radius 2 is 1.95 bits per heavy atom. The van der Waals surface area contributed by atoms with Crippen LogP contribution < -0.4 is 16.8 Å². The molecule has 1 aromatic rings. The second-order valence-corrected chi connectivity index (χ2v) is 5.50. The van der Waals surface area contributed by atoms with Crippen LogP contribution in [0.2, 0.25) is 0 Å². The minimum absolute atomic E-state index is 0.323. The molecule has 0 aliphatic rings. The van der Waals surface area contributed by atoms with Crippen molar-refractivity contribution < 1.29 is 4.79 Å². The molecule has 0 spiro atoms. The van der Waals surface area contributed by atoms with E-state index in [1.54, 1.807) is 12.1 Å². The molecule has 19 heavy (non-hydrogen) atoms. The van der Waals surface area contributed by atoms with Gasteiger partial charge < -0.3 is 16.8 Å². The summed E-state index contributed by atoms with van der Waals surface area (Å²) >= 11 is 0. The quantitative estimate of drug-likeness (QED) is 0.661. The van der Waals surface area contributed by atoms with E-state index in [0.717, 1.165) is 18.0 Å². The molecule has 0 aliphatic carbocycles. The van der Waals surface area contributed by atoms with Crippen molar-refractivity contribution in [3.63, 3.8) is 0 Å². The number of nitrogens with two attached hydrogens (primary N) is 2. The van der Waals surface area contributed by atoms with E-state index in [0.29, 0.717) is 17.3 Å². The van der Waals surface area contributed by atoms with Crippen LogP contribution in [0.4, 0.5) is 11.4 Å². The minimum Gasteiger partial charge on any atom is -0.396 e. The Bertz CT molecular complexity index is 429. The first-order chi connectivity index (χ1) is 8.91. The zero-order valence-corrected chi connectivity index (χ0v) is 12.1. The van der Waals surface area contributed by atoms with E-state index in [2.05, 4.69) is 26.1 Å². The highest BCUT2D eigenvalue weighted by Crippen LogP contribution is 2.24. The number of carbonyl (C=O) groups excluding carboxylic acids is 1. The van der Waals surface area contributed by atoms with Gasteiger partial charge in [0, 0.05) is 6.04 Å². The number of anilines is 2. The largest absolute Gasteiger partial charge is 0.396 e. The Morgan fingerprint density at radius 3 is 2.53 bits per heavy atom. The third kappa shape index (κ3) is 4.81. The van der Waals surface area contributed by atoms with Crippen molar-refractivity contribution >= 4 is 17.3 Å². The van der Waals surface area contributed by atoms with E-state index in [1.807, 2.05) is 6.07 Å². The number of hydrogen-bond acceptors (Lipinski definition) is 3. The highest BCUT2D eigenvalue weighted by molar-refractivity contribution is 6.00. The van der Waals surface area contributed by atoms with Gasteiger partial charge in [-0.15, -0.1) is 0 Å². The maximum absolute atomic E-state index is 11.2. The molecule has 106 valence electrons. The normalized spacial score (nSPS) is 12.4. The lowest BCUT2D eigenvalue weighted by molar-refractivity contribution is 0.100. The molecule has 0 aliphatic heterocycles. The smallest absolute Gasteiger partial charge is 0.250 e. The average Bonchev–Trinajstić information content (AvgIpc) is 2.31. The molecular weight excluding hydrogens is 238 g/mol. The van der Waals surface area contributed by atoms with Crippen molar-refractivity contribution in [1.29, 1.82) is 0 Å². The minimum atomic E-state index is -0.492. The number of nitrogen functional groups attached to an aromatic ring is 1. The van der Waals surface area contributed by atoms with E-state index in [1.165, 1.54) is 12.8 Å². The molecule has 1 unspecified atom stereocenters. The molecule has 1 aromatic carbocycles. The molecule has 5 N–H and O–H groups in total. The molecular formula is C15H25N3O. The predicted molar refractivity (Wildman–Crippen MR) is 81.1 cm³/mol. The Hall–Kier alpha value is -1.71. The lowest BCUT2D eigenvalue weighted by atomic mass is 10.0. The number of rotatable bonds is 7. The van der Waals surface area contributed by atoms with E-state index in [9.17, 15) is 4.79 Å². The second kappa shape index (κ2) is 7.02. The lowest BCUT2D eigenvalue weighted by Crippen LogP contribution is -2.19. The topological polar surface area (TPSA) is 81.1 Å². The molecule has 0 saturated heterocycles. The standard InChI is InChI=1S/C15H25N3O/c1-10(2)6-4-7-11(3)18-13-9-5-8-12(14(13)16)15(17)19/h5,8-11,18H,4,6-7,16H2,1-3H3,(H2,17,19). The second-order valence-electron chi connectivity index (χ2n) is 5.50. The Kier molecular flexibility index (Phi) is 5.67. The van der Waals surface area contributed by atoms with Crippen LogP contribution >= 0.6 is 0 Å². The van der Waals surface area contributed by atoms with Crippen LogP contribution in [0.5, 0.6) is 0 Å². The predicted octanol–water partition coefficient (Wildman–Crippen LogP) is 2.99. The van der Waals surface area contributed by atoms with Gasteiger partial charge in [-0.1, -0.05) is 32.8 Å². The zero-order chi connectivity index (χ0) is 14.4. The Balaban J connectivity index is 2.61. The molecule has 1 atom stereocenters. The summed E-state index contributed by atoms with van der Waals surface area (Å²) in [6.45, 7) is 6.58. The van der Waals surface area contributed by atoms with Crippen molar-refractivity contribution in [2.45, 2.75) is 46.1 Å². The van der Waals surface area contributed by atoms with Crippen LogP contribution in [-0.2, 0) is 0 Å². The zero-order valence-electron chi connectivity index (χ0n) is 12.1. The fraction of sp³-hybridized carbons (Fsp3) is 0.533. The van der Waals surface area contributed by atoms with Crippen LogP contribution in [0.25, 0.3) is 0 Å². The van der Waals surface area contributed by atoms with Gasteiger partial charge in [0.05, 0.1) is 16.9 Å². The first-order valence-electron chi connectivity index (χ1n) is 6.86. The van der Waals surface area contributed by atoms with Crippen molar-refractivity contribution in [3.05, 3.63) is 23.8 Å². The molecule has 0 bridgehead atoms. The maximum atomic E-state index is 11.2. The summed E-state index contributed by atoms with van der Waals surface area (Å²) in [5.74, 6) is 0.240. The number of benzene rings is 1. The van der Waals surface area contributed by atoms with Gasteiger partial charge in [0.2, 0.25) is 0 Å². The number of para-hydroxylation sites is 1. The van der Waals surface area contributed by atoms with Crippen LogP contribution in [-0.4, -0.2) is 11.9 Å². The van der Waals surface area contributed by atoms with Gasteiger partial charge in [0.15, 0.2) is 0 Å². The molecule has 4 nitrogen and oxygen atoms in total.